The Morgan fingerprint density at radius 3 is 2.18 bits per heavy atom. The Morgan fingerprint density at radius 1 is 1.25 bits per heavy atom. The van der Waals surface area contributed by atoms with E-state index in [9.17, 15) is 18.0 Å². The number of carbonyl (C=O) groups is 1. The van der Waals surface area contributed by atoms with Gasteiger partial charge in [0.25, 0.3) is 5.91 Å². The molecule has 0 bridgehead atoms. The molecule has 2 fully saturated rings. The fraction of sp³-hybridized carbons (Fsp3) is 0.667. The Hall–Kier alpha value is -0.880. The molecule has 2 aliphatic rings. The van der Waals surface area contributed by atoms with Gasteiger partial charge in [0.2, 0.25) is 0 Å². The minimum absolute atomic E-state index is 0.0778. The van der Waals surface area contributed by atoms with E-state index in [2.05, 4.69) is 25.4 Å². The number of halogens is 4. The fourth-order valence-corrected chi connectivity index (χ4v) is 2.95. The Balaban J connectivity index is 0.000000359. The van der Waals surface area contributed by atoms with Gasteiger partial charge in [-0.1, -0.05) is 44.7 Å². The van der Waals surface area contributed by atoms with Crippen LogP contribution in [0.25, 0.3) is 0 Å². The summed E-state index contributed by atoms with van der Waals surface area (Å²) in [6, 6.07) is 2.76. The van der Waals surface area contributed by atoms with Crippen molar-refractivity contribution in [3.8, 4) is 0 Å². The zero-order chi connectivity index (χ0) is 21.2. The van der Waals surface area contributed by atoms with Crippen LogP contribution in [-0.2, 0) is 6.18 Å². The van der Waals surface area contributed by atoms with Crippen molar-refractivity contribution in [2.75, 3.05) is 18.6 Å². The lowest BCUT2D eigenvalue weighted by Crippen LogP contribution is -2.32. The summed E-state index contributed by atoms with van der Waals surface area (Å²) >= 11 is 7.63. The lowest BCUT2D eigenvalue weighted by atomic mass is 9.85. The van der Waals surface area contributed by atoms with Crippen LogP contribution in [0.1, 0.15) is 68.3 Å². The summed E-state index contributed by atoms with van der Waals surface area (Å²) in [6.07, 6.45) is 5.29. The first-order valence-corrected chi connectivity index (χ1v) is 11.6. The molecule has 0 heterocycles. The molecule has 0 atom stereocenters. The highest BCUT2D eigenvalue weighted by Gasteiger charge is 2.31. The maximum absolute atomic E-state index is 12.4. The predicted octanol–water partition coefficient (Wildman–Crippen LogP) is 7.06. The van der Waals surface area contributed by atoms with E-state index < -0.39 is 17.6 Å². The third-order valence-corrected chi connectivity index (χ3v) is 5.72. The van der Waals surface area contributed by atoms with Gasteiger partial charge in [-0.05, 0) is 61.3 Å². The summed E-state index contributed by atoms with van der Waals surface area (Å²) in [5, 5.41) is 2.52. The molecule has 2 aliphatic carbocycles. The Kier molecular flexibility index (Phi) is 11.4. The average Bonchev–Trinajstić information content (AvgIpc) is 3.36. The van der Waals surface area contributed by atoms with Crippen molar-refractivity contribution in [2.45, 2.75) is 58.5 Å². The molecule has 28 heavy (non-hydrogen) atoms. The molecular formula is C21H31ClF3NOS. The molecule has 0 aliphatic heterocycles. The van der Waals surface area contributed by atoms with Crippen LogP contribution < -0.4 is 5.32 Å². The summed E-state index contributed by atoms with van der Waals surface area (Å²) in [7, 11) is 0. The van der Waals surface area contributed by atoms with Gasteiger partial charge >= 0.3 is 6.18 Å². The monoisotopic (exact) mass is 437 g/mol. The first kappa shape index (κ1) is 25.2. The van der Waals surface area contributed by atoms with Gasteiger partial charge in [-0.15, -0.1) is 0 Å². The Morgan fingerprint density at radius 2 is 1.86 bits per heavy atom. The van der Waals surface area contributed by atoms with E-state index in [-0.39, 0.29) is 10.6 Å². The average molecular weight is 438 g/mol. The molecule has 3 rings (SSSR count). The van der Waals surface area contributed by atoms with E-state index in [4.69, 9.17) is 11.6 Å². The van der Waals surface area contributed by atoms with Gasteiger partial charge in [0, 0.05) is 6.54 Å². The van der Waals surface area contributed by atoms with Crippen LogP contribution >= 0.6 is 23.4 Å². The Labute approximate surface area is 176 Å². The topological polar surface area (TPSA) is 29.1 Å². The SMILES string of the molecule is CC1CC1.CCCSC.O=C(NCC1CCC1)c1ccc(C(F)(F)F)cc1Cl. The maximum atomic E-state index is 12.4. The van der Waals surface area contributed by atoms with E-state index in [0.717, 1.165) is 37.0 Å². The van der Waals surface area contributed by atoms with Crippen LogP contribution in [0.5, 0.6) is 0 Å². The number of carbonyl (C=O) groups excluding carboxylic acids is 1. The number of rotatable bonds is 5. The van der Waals surface area contributed by atoms with Crippen LogP contribution in [-0.4, -0.2) is 24.5 Å². The number of nitrogens with one attached hydrogen (secondary N) is 1. The van der Waals surface area contributed by atoms with E-state index in [0.29, 0.717) is 12.5 Å². The van der Waals surface area contributed by atoms with Crippen molar-refractivity contribution in [2.24, 2.45) is 11.8 Å². The van der Waals surface area contributed by atoms with Crippen molar-refractivity contribution >= 4 is 29.3 Å². The summed E-state index contributed by atoms with van der Waals surface area (Å²) < 4.78 is 37.3. The molecule has 1 amide bonds. The van der Waals surface area contributed by atoms with Crippen LogP contribution in [0.2, 0.25) is 5.02 Å². The normalized spacial score (nSPS) is 16.1. The van der Waals surface area contributed by atoms with Crippen LogP contribution in [0.15, 0.2) is 18.2 Å². The maximum Gasteiger partial charge on any atom is 0.416 e. The highest BCUT2D eigenvalue weighted by molar-refractivity contribution is 7.98. The van der Waals surface area contributed by atoms with Gasteiger partial charge in [-0.2, -0.15) is 24.9 Å². The standard InChI is InChI=1S/C13H13ClF3NO.C4H10S.C4H8/c14-11-6-9(13(15,16)17)4-5-10(11)12(19)18-7-8-2-1-3-8;1-3-4-5-2;1-4-2-3-4/h4-6,8H,1-3,7H2,(H,18,19);3-4H2,1-2H3;4H,2-3H2,1H3. The van der Waals surface area contributed by atoms with Crippen molar-refractivity contribution in [1.29, 1.82) is 0 Å². The lowest BCUT2D eigenvalue weighted by molar-refractivity contribution is -0.137. The third-order valence-electron chi connectivity index (χ3n) is 4.59. The van der Waals surface area contributed by atoms with Gasteiger partial charge in [0.15, 0.2) is 0 Å². The molecule has 0 radical (unpaired) electrons. The smallest absolute Gasteiger partial charge is 0.352 e. The third kappa shape index (κ3) is 10.1. The largest absolute Gasteiger partial charge is 0.416 e. The lowest BCUT2D eigenvalue weighted by Gasteiger charge is -2.25. The number of thioether (sulfide) groups is 1. The van der Waals surface area contributed by atoms with Crippen LogP contribution in [0.4, 0.5) is 13.2 Å². The van der Waals surface area contributed by atoms with Crippen molar-refractivity contribution in [1.82, 2.24) is 5.32 Å². The number of benzene rings is 1. The van der Waals surface area contributed by atoms with Crippen molar-refractivity contribution < 1.29 is 18.0 Å². The zero-order valence-corrected chi connectivity index (χ0v) is 18.4. The molecule has 7 heteroatoms. The number of alkyl halides is 3. The number of hydrogen-bond acceptors (Lipinski definition) is 2. The quantitative estimate of drug-likeness (QED) is 0.533. The first-order chi connectivity index (χ1) is 13.2. The van der Waals surface area contributed by atoms with Gasteiger partial charge in [0.1, 0.15) is 0 Å². The van der Waals surface area contributed by atoms with Crippen LogP contribution in [0.3, 0.4) is 0 Å². The number of hydrogen-bond donors (Lipinski definition) is 1. The molecule has 1 N–H and O–H groups in total. The molecule has 0 aromatic heterocycles. The number of amides is 1. The van der Waals surface area contributed by atoms with E-state index in [1.54, 1.807) is 0 Å². The minimum Gasteiger partial charge on any atom is -0.352 e. The van der Waals surface area contributed by atoms with E-state index >= 15 is 0 Å². The van der Waals surface area contributed by atoms with Crippen molar-refractivity contribution in [3.05, 3.63) is 34.3 Å². The first-order valence-electron chi connectivity index (χ1n) is 9.82. The van der Waals surface area contributed by atoms with E-state index in [1.807, 2.05) is 11.8 Å². The van der Waals surface area contributed by atoms with Gasteiger partial charge in [-0.3, -0.25) is 4.79 Å². The minimum atomic E-state index is -4.45. The van der Waals surface area contributed by atoms with Gasteiger partial charge in [0.05, 0.1) is 16.1 Å². The molecule has 0 saturated heterocycles. The summed E-state index contributed by atoms with van der Waals surface area (Å²) in [4.78, 5) is 11.8. The van der Waals surface area contributed by atoms with E-state index in [1.165, 1.54) is 31.4 Å². The molecule has 160 valence electrons. The molecule has 0 unspecified atom stereocenters. The van der Waals surface area contributed by atoms with Gasteiger partial charge in [-0.25, -0.2) is 0 Å². The molecular weight excluding hydrogens is 407 g/mol. The highest BCUT2D eigenvalue weighted by Crippen LogP contribution is 2.32. The zero-order valence-electron chi connectivity index (χ0n) is 16.9. The second-order valence-electron chi connectivity index (χ2n) is 7.37. The van der Waals surface area contributed by atoms with Crippen molar-refractivity contribution in [3.63, 3.8) is 0 Å². The van der Waals surface area contributed by atoms with Gasteiger partial charge < -0.3 is 5.32 Å². The highest BCUT2D eigenvalue weighted by atomic mass is 35.5. The summed E-state index contributed by atoms with van der Waals surface area (Å²) in [5.41, 5.74) is -0.776. The van der Waals surface area contributed by atoms with Crippen LogP contribution in [0, 0.1) is 11.8 Å². The second-order valence-corrected chi connectivity index (χ2v) is 8.77. The molecule has 0 spiro atoms. The predicted molar refractivity (Wildman–Crippen MR) is 113 cm³/mol. The molecule has 1 aromatic carbocycles. The summed E-state index contributed by atoms with van der Waals surface area (Å²) in [6.45, 7) is 5.02. The fourth-order valence-electron chi connectivity index (χ4n) is 2.28. The second kappa shape index (κ2) is 12.6. The molecule has 2 saturated carbocycles. The summed E-state index contributed by atoms with van der Waals surface area (Å²) in [5.74, 6) is 2.45. The molecule has 2 nitrogen and oxygen atoms in total. The Bertz CT molecular complexity index is 600. The molecule has 1 aromatic rings.